The number of methoxy groups -OCH3 is 1. The minimum atomic E-state index is -2.66. The van der Waals surface area contributed by atoms with Gasteiger partial charge in [0, 0.05) is 29.2 Å². The quantitative estimate of drug-likeness (QED) is 0.196. The van der Waals surface area contributed by atoms with Gasteiger partial charge in [0.15, 0.2) is 11.4 Å². The number of phenolic OH excluding ortho intramolecular Hbond substituents is 1. The first-order chi connectivity index (χ1) is 19.9. The van der Waals surface area contributed by atoms with Crippen molar-refractivity contribution in [3.8, 4) is 11.5 Å². The van der Waals surface area contributed by atoms with E-state index < -0.39 is 58.0 Å². The van der Waals surface area contributed by atoms with E-state index in [1.54, 1.807) is 14.1 Å². The molecule has 1 amide bonds. The molecule has 0 radical (unpaired) electrons. The van der Waals surface area contributed by atoms with Crippen molar-refractivity contribution in [1.82, 2.24) is 10.2 Å². The summed E-state index contributed by atoms with van der Waals surface area (Å²) in [5.41, 5.74) is 2.83. The number of aliphatic hydroxyl groups is 3. The van der Waals surface area contributed by atoms with Crippen molar-refractivity contribution in [2.75, 3.05) is 27.7 Å². The molecular formula is C31H41N3O8. The van der Waals surface area contributed by atoms with Crippen molar-refractivity contribution in [2.24, 2.45) is 23.5 Å². The number of ketones is 2. The van der Waals surface area contributed by atoms with Crippen LogP contribution in [0.5, 0.6) is 11.5 Å². The number of benzene rings is 1. The lowest BCUT2D eigenvalue weighted by molar-refractivity contribution is -0.148. The maximum Gasteiger partial charge on any atom is 0.255 e. The number of carbonyl (C=O) groups excluding carboxylic acids is 3. The van der Waals surface area contributed by atoms with Crippen LogP contribution in [0.25, 0.3) is 0 Å². The third kappa shape index (κ3) is 4.67. The number of fused-ring (bicyclic) bond motifs is 3. The molecule has 0 heterocycles. The van der Waals surface area contributed by atoms with Gasteiger partial charge in [-0.2, -0.15) is 0 Å². The fourth-order valence-electron chi connectivity index (χ4n) is 7.75. The number of nitrogens with zero attached hydrogens (tertiary/aromatic N) is 1. The van der Waals surface area contributed by atoms with E-state index in [1.165, 1.54) is 50.2 Å². The normalized spacial score (nSPS) is 28.1. The Balaban J connectivity index is 1.50. The SMILES string of the molecule is COc1c(CNCCC2CCCCC2)cc(O)c2c1C[C@H]1C[C@H]3[C@H](N(C)C)C(O)=C(C(N)=O)C(=O)[C@@]3(O)C(O)=C1C2=O. The van der Waals surface area contributed by atoms with Gasteiger partial charge < -0.3 is 36.2 Å². The largest absolute Gasteiger partial charge is 0.510 e. The first-order valence-corrected chi connectivity index (χ1v) is 14.7. The Kier molecular flexibility index (Phi) is 8.12. The number of aliphatic hydroxyl groups excluding tert-OH is 2. The molecule has 228 valence electrons. The van der Waals surface area contributed by atoms with E-state index in [-0.39, 0.29) is 29.7 Å². The average Bonchev–Trinajstić information content (AvgIpc) is 2.93. The maximum absolute atomic E-state index is 13.9. The fourth-order valence-corrected chi connectivity index (χ4v) is 7.75. The van der Waals surface area contributed by atoms with Crippen LogP contribution in [0.3, 0.4) is 0 Å². The molecule has 0 spiro atoms. The number of primary amides is 1. The third-order valence-electron chi connectivity index (χ3n) is 9.72. The Morgan fingerprint density at radius 1 is 1.17 bits per heavy atom. The number of Topliss-reactive ketones (excluding diaryl/α,β-unsaturated/α-hetero) is 2. The lowest BCUT2D eigenvalue weighted by Crippen LogP contribution is -2.63. The molecule has 1 saturated carbocycles. The zero-order valence-corrected chi connectivity index (χ0v) is 24.4. The van der Waals surface area contributed by atoms with Crippen molar-refractivity contribution in [3.63, 3.8) is 0 Å². The smallest absolute Gasteiger partial charge is 0.255 e. The number of hydrogen-bond donors (Lipinski definition) is 6. The molecule has 0 saturated heterocycles. The monoisotopic (exact) mass is 583 g/mol. The molecule has 0 aliphatic heterocycles. The van der Waals surface area contributed by atoms with E-state index in [9.17, 15) is 34.8 Å². The summed E-state index contributed by atoms with van der Waals surface area (Å²) in [6, 6.07) is 0.437. The Labute approximate surface area is 245 Å². The fraction of sp³-hybridized carbons (Fsp3) is 0.581. The van der Waals surface area contributed by atoms with Gasteiger partial charge in [0.1, 0.15) is 28.6 Å². The van der Waals surface area contributed by atoms with Gasteiger partial charge in [0.2, 0.25) is 5.78 Å². The van der Waals surface area contributed by atoms with Crippen molar-refractivity contribution in [2.45, 2.75) is 69.6 Å². The van der Waals surface area contributed by atoms with Crippen LogP contribution in [-0.2, 0) is 22.6 Å². The summed E-state index contributed by atoms with van der Waals surface area (Å²) in [6.07, 6.45) is 7.66. The molecule has 1 fully saturated rings. The molecule has 42 heavy (non-hydrogen) atoms. The summed E-state index contributed by atoms with van der Waals surface area (Å²) in [6.45, 7) is 1.25. The first kappa shape index (κ1) is 30.1. The van der Waals surface area contributed by atoms with E-state index in [4.69, 9.17) is 10.5 Å². The Morgan fingerprint density at radius 3 is 2.48 bits per heavy atom. The maximum atomic E-state index is 13.9. The van der Waals surface area contributed by atoms with Gasteiger partial charge in [-0.3, -0.25) is 19.3 Å². The third-order valence-corrected chi connectivity index (χ3v) is 9.72. The van der Waals surface area contributed by atoms with E-state index in [1.807, 2.05) is 0 Å². The number of carbonyl (C=O) groups is 3. The number of aromatic hydroxyl groups is 1. The topological polar surface area (TPSA) is 183 Å². The highest BCUT2D eigenvalue weighted by molar-refractivity contribution is 6.24. The molecule has 7 N–H and O–H groups in total. The summed E-state index contributed by atoms with van der Waals surface area (Å²) in [5.74, 6) is -5.55. The number of nitrogens with two attached hydrogens (primary N) is 1. The molecule has 0 unspecified atom stereocenters. The number of hydrogen-bond acceptors (Lipinski definition) is 10. The van der Waals surface area contributed by atoms with E-state index in [0.717, 1.165) is 18.9 Å². The molecule has 11 heteroatoms. The second kappa shape index (κ2) is 11.3. The molecule has 4 aliphatic carbocycles. The van der Waals surface area contributed by atoms with Gasteiger partial charge >= 0.3 is 0 Å². The Morgan fingerprint density at radius 2 is 1.86 bits per heavy atom. The molecule has 1 aromatic rings. The van der Waals surface area contributed by atoms with Gasteiger partial charge in [-0.05, 0) is 57.8 Å². The van der Waals surface area contributed by atoms with Crippen LogP contribution >= 0.6 is 0 Å². The number of nitrogens with one attached hydrogen (secondary N) is 1. The van der Waals surface area contributed by atoms with E-state index in [0.29, 0.717) is 23.4 Å². The van der Waals surface area contributed by atoms with Crippen molar-refractivity contribution >= 4 is 17.5 Å². The molecule has 0 bridgehead atoms. The molecule has 0 aromatic heterocycles. The standard InChI is InChI=1S/C31H41N3O8/c1-34(2)24-19-12-16-11-18-22(25(36)21(16)28(38)31(19,41)29(39)23(26(24)37)30(32)40)20(35)13-17(27(18)42-3)14-33-10-9-15-7-5-4-6-8-15/h13,15-16,19,24,33,35,37-38,41H,4-12,14H2,1-3H3,(H2,32,40)/t16-,19-,24-,31-/m0/s1. The molecular weight excluding hydrogens is 542 g/mol. The second-order valence-electron chi connectivity index (χ2n) is 12.4. The van der Waals surface area contributed by atoms with E-state index in [2.05, 4.69) is 5.32 Å². The minimum absolute atomic E-state index is 0.0273. The van der Waals surface area contributed by atoms with Gasteiger partial charge in [0.25, 0.3) is 5.91 Å². The summed E-state index contributed by atoms with van der Waals surface area (Å²) in [7, 11) is 4.70. The van der Waals surface area contributed by atoms with Crippen LogP contribution in [-0.4, -0.2) is 82.2 Å². The highest BCUT2D eigenvalue weighted by Gasteiger charge is 2.63. The zero-order valence-electron chi connectivity index (χ0n) is 24.4. The number of phenols is 1. The predicted octanol–water partition coefficient (Wildman–Crippen LogP) is 2.19. The number of rotatable bonds is 8. The molecule has 5 rings (SSSR count). The zero-order chi connectivity index (χ0) is 30.5. The summed E-state index contributed by atoms with van der Waals surface area (Å²) >= 11 is 0. The first-order valence-electron chi connectivity index (χ1n) is 14.7. The van der Waals surface area contributed by atoms with Crippen LogP contribution in [0.15, 0.2) is 28.7 Å². The van der Waals surface area contributed by atoms with Crippen molar-refractivity contribution in [3.05, 3.63) is 45.4 Å². The van der Waals surface area contributed by atoms with Crippen LogP contribution in [0.2, 0.25) is 0 Å². The average molecular weight is 584 g/mol. The van der Waals surface area contributed by atoms with Crippen LogP contribution in [0.1, 0.15) is 66.4 Å². The predicted molar refractivity (Wildman–Crippen MR) is 153 cm³/mol. The second-order valence-corrected chi connectivity index (χ2v) is 12.4. The molecule has 11 nitrogen and oxygen atoms in total. The van der Waals surface area contributed by atoms with Crippen LogP contribution < -0.4 is 15.8 Å². The Bertz CT molecular complexity index is 1380. The van der Waals surface area contributed by atoms with Crippen molar-refractivity contribution < 1.29 is 39.5 Å². The number of allylic oxidation sites excluding steroid dienone is 1. The van der Waals surface area contributed by atoms with Gasteiger partial charge in [-0.15, -0.1) is 0 Å². The highest BCUT2D eigenvalue weighted by atomic mass is 16.5. The summed E-state index contributed by atoms with van der Waals surface area (Å²) in [4.78, 5) is 41.0. The van der Waals surface area contributed by atoms with Gasteiger partial charge in [-0.25, -0.2) is 0 Å². The molecule has 1 aromatic carbocycles. The van der Waals surface area contributed by atoms with Gasteiger partial charge in [0.05, 0.1) is 18.7 Å². The Hall–Kier alpha value is -3.41. The van der Waals surface area contributed by atoms with Gasteiger partial charge in [-0.1, -0.05) is 32.1 Å². The minimum Gasteiger partial charge on any atom is -0.510 e. The highest BCUT2D eigenvalue weighted by Crippen LogP contribution is 2.53. The number of likely N-dealkylation sites (N-methyl/N-ethyl adjacent to an activating group) is 1. The van der Waals surface area contributed by atoms with Crippen molar-refractivity contribution in [1.29, 1.82) is 0 Å². The number of amides is 1. The summed E-state index contributed by atoms with van der Waals surface area (Å²) < 4.78 is 5.77. The van der Waals surface area contributed by atoms with Crippen LogP contribution in [0, 0.1) is 17.8 Å². The van der Waals surface area contributed by atoms with Crippen LogP contribution in [0.4, 0.5) is 0 Å². The lowest BCUT2D eigenvalue weighted by Gasteiger charge is -2.50. The molecule has 4 atom stereocenters. The lowest BCUT2D eigenvalue weighted by atomic mass is 9.58. The van der Waals surface area contributed by atoms with E-state index >= 15 is 0 Å². The summed E-state index contributed by atoms with van der Waals surface area (Å²) in [5, 5.41) is 48.5. The molecule has 4 aliphatic rings. The number of ether oxygens (including phenoxy) is 1.